The minimum absolute atomic E-state index is 0.0353. The predicted molar refractivity (Wildman–Crippen MR) is 77.0 cm³/mol. The summed E-state index contributed by atoms with van der Waals surface area (Å²) in [5.74, 6) is -0.0353. The van der Waals surface area contributed by atoms with E-state index in [9.17, 15) is 4.79 Å². The van der Waals surface area contributed by atoms with E-state index < -0.39 is 6.04 Å². The van der Waals surface area contributed by atoms with Crippen LogP contribution >= 0.6 is 0 Å². The first-order valence-corrected chi connectivity index (χ1v) is 7.04. The maximum Gasteiger partial charge on any atom is 0.240 e. The van der Waals surface area contributed by atoms with E-state index in [1.807, 2.05) is 34.6 Å². The van der Waals surface area contributed by atoms with Crippen molar-refractivity contribution in [3.8, 4) is 0 Å². The summed E-state index contributed by atoms with van der Waals surface area (Å²) in [5, 5.41) is 0. The largest absolute Gasteiger partial charge is 0.380 e. The van der Waals surface area contributed by atoms with E-state index in [1.54, 1.807) is 4.90 Å². The van der Waals surface area contributed by atoms with Gasteiger partial charge in [0.15, 0.2) is 0 Å². The molecule has 0 aliphatic carbocycles. The fourth-order valence-corrected chi connectivity index (χ4v) is 1.54. The number of carbonyl (C=O) groups is 1. The molecule has 0 spiro atoms. The van der Waals surface area contributed by atoms with Crippen LogP contribution < -0.4 is 5.73 Å². The summed E-state index contributed by atoms with van der Waals surface area (Å²) in [6.07, 6.45) is 0. The second kappa shape index (κ2) is 9.28. The molecule has 0 saturated carbocycles. The molecular formula is C14H30N2O3. The molecule has 2 N–H and O–H groups in total. The van der Waals surface area contributed by atoms with Gasteiger partial charge in [0.2, 0.25) is 5.91 Å². The zero-order chi connectivity index (χ0) is 14.9. The zero-order valence-electron chi connectivity index (χ0n) is 13.1. The number of nitrogens with two attached hydrogens (primary N) is 1. The molecule has 5 heteroatoms. The smallest absolute Gasteiger partial charge is 0.240 e. The quantitative estimate of drug-likeness (QED) is 0.643. The van der Waals surface area contributed by atoms with Crippen molar-refractivity contribution in [2.75, 3.05) is 39.5 Å². The molecule has 0 saturated heterocycles. The SMILES string of the molecule is CCOCCN(CCOCC)C(=O)C(N)C(C)(C)C. The van der Waals surface area contributed by atoms with Gasteiger partial charge in [-0.05, 0) is 19.3 Å². The second-order valence-corrected chi connectivity index (χ2v) is 5.56. The van der Waals surface area contributed by atoms with Crippen LogP contribution in [0.1, 0.15) is 34.6 Å². The van der Waals surface area contributed by atoms with Crippen molar-refractivity contribution >= 4 is 5.91 Å². The average Bonchev–Trinajstić information content (AvgIpc) is 2.34. The molecule has 0 fully saturated rings. The molecule has 0 aromatic carbocycles. The highest BCUT2D eigenvalue weighted by atomic mass is 16.5. The molecule has 0 heterocycles. The van der Waals surface area contributed by atoms with Crippen LogP contribution in [0.4, 0.5) is 0 Å². The first kappa shape index (κ1) is 18.4. The van der Waals surface area contributed by atoms with E-state index in [4.69, 9.17) is 15.2 Å². The summed E-state index contributed by atoms with van der Waals surface area (Å²) < 4.78 is 10.6. The van der Waals surface area contributed by atoms with Crippen LogP contribution in [0.5, 0.6) is 0 Å². The van der Waals surface area contributed by atoms with E-state index in [1.165, 1.54) is 0 Å². The molecule has 0 aliphatic heterocycles. The van der Waals surface area contributed by atoms with Crippen molar-refractivity contribution < 1.29 is 14.3 Å². The van der Waals surface area contributed by atoms with Gasteiger partial charge in [0.1, 0.15) is 0 Å². The van der Waals surface area contributed by atoms with Crippen LogP contribution in [-0.2, 0) is 14.3 Å². The minimum Gasteiger partial charge on any atom is -0.380 e. The second-order valence-electron chi connectivity index (χ2n) is 5.56. The summed E-state index contributed by atoms with van der Waals surface area (Å²) in [7, 11) is 0. The Kier molecular flexibility index (Phi) is 8.97. The predicted octanol–water partition coefficient (Wildman–Crippen LogP) is 1.26. The van der Waals surface area contributed by atoms with Gasteiger partial charge < -0.3 is 20.1 Å². The lowest BCUT2D eigenvalue weighted by molar-refractivity contribution is -0.136. The molecule has 0 aromatic heterocycles. The summed E-state index contributed by atoms with van der Waals surface area (Å²) in [6.45, 7) is 13.3. The molecule has 114 valence electrons. The molecule has 1 amide bonds. The van der Waals surface area contributed by atoms with Gasteiger partial charge >= 0.3 is 0 Å². The fraction of sp³-hybridized carbons (Fsp3) is 0.929. The van der Waals surface area contributed by atoms with Crippen LogP contribution in [0.3, 0.4) is 0 Å². The van der Waals surface area contributed by atoms with Crippen molar-refractivity contribution in [3.05, 3.63) is 0 Å². The molecule has 19 heavy (non-hydrogen) atoms. The third-order valence-electron chi connectivity index (χ3n) is 2.93. The highest BCUT2D eigenvalue weighted by Crippen LogP contribution is 2.19. The molecule has 1 unspecified atom stereocenters. The summed E-state index contributed by atoms with van der Waals surface area (Å²) in [5.41, 5.74) is 5.79. The maximum absolute atomic E-state index is 12.4. The van der Waals surface area contributed by atoms with Crippen LogP contribution in [0.2, 0.25) is 0 Å². The number of hydrogen-bond acceptors (Lipinski definition) is 4. The fourth-order valence-electron chi connectivity index (χ4n) is 1.54. The third-order valence-corrected chi connectivity index (χ3v) is 2.93. The Hall–Kier alpha value is -0.650. The maximum atomic E-state index is 12.4. The molecule has 0 aliphatic rings. The number of amides is 1. The van der Waals surface area contributed by atoms with Crippen molar-refractivity contribution in [1.82, 2.24) is 4.90 Å². The Balaban J connectivity index is 4.47. The lowest BCUT2D eigenvalue weighted by atomic mass is 9.86. The number of carbonyl (C=O) groups excluding carboxylic acids is 1. The zero-order valence-corrected chi connectivity index (χ0v) is 13.1. The monoisotopic (exact) mass is 274 g/mol. The molecule has 1 atom stereocenters. The van der Waals surface area contributed by atoms with E-state index in [0.29, 0.717) is 39.5 Å². The van der Waals surface area contributed by atoms with Crippen LogP contribution in [-0.4, -0.2) is 56.4 Å². The van der Waals surface area contributed by atoms with Gasteiger partial charge in [-0.15, -0.1) is 0 Å². The van der Waals surface area contributed by atoms with E-state index in [2.05, 4.69) is 0 Å². The Labute approximate surface area is 117 Å². The Bertz CT molecular complexity index is 242. The van der Waals surface area contributed by atoms with Gasteiger partial charge in [0, 0.05) is 26.3 Å². The highest BCUT2D eigenvalue weighted by Gasteiger charge is 2.30. The van der Waals surface area contributed by atoms with Gasteiger partial charge in [-0.3, -0.25) is 4.79 Å². The van der Waals surface area contributed by atoms with Crippen molar-refractivity contribution in [2.45, 2.75) is 40.7 Å². The molecule has 0 bridgehead atoms. The van der Waals surface area contributed by atoms with Crippen molar-refractivity contribution in [3.63, 3.8) is 0 Å². The standard InChI is InChI=1S/C14H30N2O3/c1-6-18-10-8-16(9-11-19-7-2)13(17)12(15)14(3,4)5/h12H,6-11,15H2,1-5H3. The van der Waals surface area contributed by atoms with Gasteiger partial charge in [0.05, 0.1) is 19.3 Å². The van der Waals surface area contributed by atoms with Gasteiger partial charge in [0.25, 0.3) is 0 Å². The van der Waals surface area contributed by atoms with Crippen molar-refractivity contribution in [2.24, 2.45) is 11.1 Å². The molecular weight excluding hydrogens is 244 g/mol. The summed E-state index contributed by atoms with van der Waals surface area (Å²) >= 11 is 0. The topological polar surface area (TPSA) is 64.8 Å². The normalized spacial score (nSPS) is 13.4. The van der Waals surface area contributed by atoms with Crippen LogP contribution in [0.25, 0.3) is 0 Å². The molecule has 0 radical (unpaired) electrons. The number of rotatable bonds is 9. The number of nitrogens with zero attached hydrogens (tertiary/aromatic N) is 1. The first-order chi connectivity index (χ1) is 8.84. The number of hydrogen-bond donors (Lipinski definition) is 1. The van der Waals surface area contributed by atoms with Gasteiger partial charge in [-0.2, -0.15) is 0 Å². The number of ether oxygens (including phenoxy) is 2. The lowest BCUT2D eigenvalue weighted by Crippen LogP contribution is -2.52. The van der Waals surface area contributed by atoms with Crippen LogP contribution in [0.15, 0.2) is 0 Å². The molecule has 0 rings (SSSR count). The highest BCUT2D eigenvalue weighted by molar-refractivity contribution is 5.82. The first-order valence-electron chi connectivity index (χ1n) is 7.04. The van der Waals surface area contributed by atoms with E-state index in [0.717, 1.165) is 0 Å². The molecule has 0 aromatic rings. The summed E-state index contributed by atoms with van der Waals surface area (Å²) in [4.78, 5) is 14.1. The minimum atomic E-state index is -0.504. The third kappa shape index (κ3) is 7.50. The Morgan fingerprint density at radius 1 is 1.11 bits per heavy atom. The van der Waals surface area contributed by atoms with E-state index >= 15 is 0 Å². The average molecular weight is 274 g/mol. The molecule has 5 nitrogen and oxygen atoms in total. The lowest BCUT2D eigenvalue weighted by Gasteiger charge is -2.32. The van der Waals surface area contributed by atoms with Gasteiger partial charge in [-0.25, -0.2) is 0 Å². The van der Waals surface area contributed by atoms with E-state index in [-0.39, 0.29) is 11.3 Å². The summed E-state index contributed by atoms with van der Waals surface area (Å²) in [6, 6.07) is -0.504. The Morgan fingerprint density at radius 3 is 1.84 bits per heavy atom. The van der Waals surface area contributed by atoms with Gasteiger partial charge in [-0.1, -0.05) is 20.8 Å². The van der Waals surface area contributed by atoms with Crippen LogP contribution in [0, 0.1) is 5.41 Å². The van der Waals surface area contributed by atoms with Crippen molar-refractivity contribution in [1.29, 1.82) is 0 Å². The Morgan fingerprint density at radius 2 is 1.53 bits per heavy atom.